The lowest BCUT2D eigenvalue weighted by Gasteiger charge is -2.03. The Kier molecular flexibility index (Phi) is 4.71. The van der Waals surface area contributed by atoms with Crippen LogP contribution in [-0.2, 0) is 6.54 Å². The van der Waals surface area contributed by atoms with Gasteiger partial charge in [-0.25, -0.2) is 0 Å². The van der Waals surface area contributed by atoms with E-state index in [2.05, 4.69) is 15.5 Å². The van der Waals surface area contributed by atoms with Gasteiger partial charge in [-0.15, -0.1) is 0 Å². The number of hydrogen-bond acceptors (Lipinski definition) is 6. The standard InChI is InChI=1S/C16H11ClN4O4/c17-11-6-7-12(13(8-11)21(23)24)16(22)18-9-14-19-15(20-25-14)10-4-2-1-3-5-10/h1-8H,9H2,(H,18,22). The number of hydrogen-bond donors (Lipinski definition) is 1. The van der Waals surface area contributed by atoms with Crippen LogP contribution in [0.4, 0.5) is 5.69 Å². The van der Waals surface area contributed by atoms with Gasteiger partial charge in [-0.2, -0.15) is 4.98 Å². The molecule has 9 heteroatoms. The van der Waals surface area contributed by atoms with E-state index in [1.807, 2.05) is 30.3 Å². The molecule has 3 aromatic rings. The summed E-state index contributed by atoms with van der Waals surface area (Å²) in [6, 6.07) is 13.0. The van der Waals surface area contributed by atoms with Crippen molar-refractivity contribution in [2.24, 2.45) is 0 Å². The molecule has 0 unspecified atom stereocenters. The molecule has 8 nitrogen and oxygen atoms in total. The molecule has 0 spiro atoms. The lowest BCUT2D eigenvalue weighted by molar-refractivity contribution is -0.385. The first-order chi connectivity index (χ1) is 12.0. The minimum absolute atomic E-state index is 0.0571. The normalized spacial score (nSPS) is 10.4. The Morgan fingerprint density at radius 1 is 1.24 bits per heavy atom. The molecule has 0 aliphatic rings. The molecule has 0 atom stereocenters. The van der Waals surface area contributed by atoms with E-state index in [1.165, 1.54) is 12.1 Å². The molecule has 2 aromatic carbocycles. The molecule has 1 amide bonds. The summed E-state index contributed by atoms with van der Waals surface area (Å²) in [5, 5.41) is 17.6. The summed E-state index contributed by atoms with van der Waals surface area (Å²) in [6.45, 7) is -0.0571. The van der Waals surface area contributed by atoms with Crippen molar-refractivity contribution in [3.63, 3.8) is 0 Å². The summed E-state index contributed by atoms with van der Waals surface area (Å²) >= 11 is 5.73. The second-order valence-corrected chi connectivity index (χ2v) is 5.42. The van der Waals surface area contributed by atoms with Crippen molar-refractivity contribution in [1.82, 2.24) is 15.5 Å². The van der Waals surface area contributed by atoms with Crippen molar-refractivity contribution in [3.05, 3.63) is 75.1 Å². The molecule has 0 aliphatic carbocycles. The van der Waals surface area contributed by atoms with Gasteiger partial charge in [0.05, 0.1) is 11.5 Å². The quantitative estimate of drug-likeness (QED) is 0.553. The van der Waals surface area contributed by atoms with E-state index in [1.54, 1.807) is 0 Å². The molecule has 0 radical (unpaired) electrons. The second-order valence-electron chi connectivity index (χ2n) is 4.98. The average molecular weight is 359 g/mol. The van der Waals surface area contributed by atoms with Crippen molar-refractivity contribution >= 4 is 23.2 Å². The van der Waals surface area contributed by atoms with Crippen molar-refractivity contribution in [2.75, 3.05) is 0 Å². The largest absolute Gasteiger partial charge is 0.343 e. The third-order valence-electron chi connectivity index (χ3n) is 3.30. The fourth-order valence-electron chi connectivity index (χ4n) is 2.13. The zero-order valence-corrected chi connectivity index (χ0v) is 13.4. The number of nitrogens with one attached hydrogen (secondary N) is 1. The minimum atomic E-state index is -0.666. The number of nitro benzene ring substituents is 1. The number of nitro groups is 1. The van der Waals surface area contributed by atoms with E-state index in [0.29, 0.717) is 5.82 Å². The maximum atomic E-state index is 12.2. The Morgan fingerprint density at radius 2 is 2.00 bits per heavy atom. The lowest BCUT2D eigenvalue weighted by atomic mass is 10.1. The van der Waals surface area contributed by atoms with E-state index < -0.39 is 10.8 Å². The summed E-state index contributed by atoms with van der Waals surface area (Å²) in [7, 11) is 0. The van der Waals surface area contributed by atoms with Gasteiger partial charge < -0.3 is 9.84 Å². The Hall–Kier alpha value is -3.26. The van der Waals surface area contributed by atoms with Crippen molar-refractivity contribution in [3.8, 4) is 11.4 Å². The highest BCUT2D eigenvalue weighted by atomic mass is 35.5. The summed E-state index contributed by atoms with van der Waals surface area (Å²) in [6.07, 6.45) is 0. The predicted molar refractivity (Wildman–Crippen MR) is 89.0 cm³/mol. The van der Waals surface area contributed by atoms with Crippen LogP contribution < -0.4 is 5.32 Å². The first-order valence-corrected chi connectivity index (χ1v) is 7.52. The van der Waals surface area contributed by atoms with Gasteiger partial charge in [0.25, 0.3) is 11.6 Å². The highest BCUT2D eigenvalue weighted by Crippen LogP contribution is 2.23. The van der Waals surface area contributed by atoms with E-state index >= 15 is 0 Å². The minimum Gasteiger partial charge on any atom is -0.343 e. The van der Waals surface area contributed by atoms with Crippen molar-refractivity contribution in [1.29, 1.82) is 0 Å². The van der Waals surface area contributed by atoms with Gasteiger partial charge in [0, 0.05) is 16.7 Å². The molecule has 0 saturated heterocycles. The predicted octanol–water partition coefficient (Wildman–Crippen LogP) is 3.23. The highest BCUT2D eigenvalue weighted by molar-refractivity contribution is 6.31. The van der Waals surface area contributed by atoms with Crippen LogP contribution in [0.2, 0.25) is 5.02 Å². The van der Waals surface area contributed by atoms with E-state index in [9.17, 15) is 14.9 Å². The monoisotopic (exact) mass is 358 g/mol. The smallest absolute Gasteiger partial charge is 0.283 e. The van der Waals surface area contributed by atoms with Crippen LogP contribution in [0.5, 0.6) is 0 Å². The number of benzene rings is 2. The molecule has 1 aromatic heterocycles. The molecule has 0 bridgehead atoms. The van der Waals surface area contributed by atoms with Crippen LogP contribution in [0.25, 0.3) is 11.4 Å². The number of nitrogens with zero attached hydrogens (tertiary/aromatic N) is 3. The molecule has 0 fully saturated rings. The molecule has 1 N–H and O–H groups in total. The van der Waals surface area contributed by atoms with E-state index in [-0.39, 0.29) is 28.7 Å². The van der Waals surface area contributed by atoms with Crippen molar-refractivity contribution in [2.45, 2.75) is 6.54 Å². The zero-order valence-electron chi connectivity index (χ0n) is 12.7. The SMILES string of the molecule is O=C(NCc1nc(-c2ccccc2)no1)c1ccc(Cl)cc1[N+](=O)[O-]. The molecule has 0 saturated carbocycles. The molecule has 1 heterocycles. The number of halogens is 1. The van der Waals surface area contributed by atoms with Crippen LogP contribution in [0.15, 0.2) is 53.1 Å². The second kappa shape index (κ2) is 7.10. The van der Waals surface area contributed by atoms with Gasteiger partial charge in [-0.3, -0.25) is 14.9 Å². The van der Waals surface area contributed by atoms with Gasteiger partial charge in [0.2, 0.25) is 11.7 Å². The molecule has 126 valence electrons. The Bertz CT molecular complexity index is 927. The van der Waals surface area contributed by atoms with E-state index in [4.69, 9.17) is 16.1 Å². The van der Waals surface area contributed by atoms with Crippen LogP contribution in [0.3, 0.4) is 0 Å². The maximum absolute atomic E-state index is 12.2. The van der Waals surface area contributed by atoms with Crippen LogP contribution >= 0.6 is 11.6 Å². The fourth-order valence-corrected chi connectivity index (χ4v) is 2.30. The third-order valence-corrected chi connectivity index (χ3v) is 3.54. The van der Waals surface area contributed by atoms with Crippen LogP contribution in [-0.4, -0.2) is 21.0 Å². The van der Waals surface area contributed by atoms with Gasteiger partial charge in [0.1, 0.15) is 5.56 Å². The zero-order chi connectivity index (χ0) is 17.8. The van der Waals surface area contributed by atoms with E-state index in [0.717, 1.165) is 11.6 Å². The number of amides is 1. The number of rotatable bonds is 5. The Balaban J connectivity index is 1.71. The third kappa shape index (κ3) is 3.81. The number of aromatic nitrogens is 2. The number of carbonyl (C=O) groups is 1. The van der Waals surface area contributed by atoms with Gasteiger partial charge in [-0.1, -0.05) is 47.1 Å². The number of carbonyl (C=O) groups excluding carboxylic acids is 1. The summed E-state index contributed by atoms with van der Waals surface area (Å²) in [5.74, 6) is -0.0611. The van der Waals surface area contributed by atoms with Crippen LogP contribution in [0.1, 0.15) is 16.2 Å². The Morgan fingerprint density at radius 3 is 2.72 bits per heavy atom. The van der Waals surface area contributed by atoms with Gasteiger partial charge >= 0.3 is 0 Å². The maximum Gasteiger partial charge on any atom is 0.283 e. The topological polar surface area (TPSA) is 111 Å². The Labute approximate surface area is 146 Å². The first kappa shape index (κ1) is 16.6. The summed E-state index contributed by atoms with van der Waals surface area (Å²) in [5.41, 5.74) is 0.301. The molecular formula is C16H11ClN4O4. The van der Waals surface area contributed by atoms with Crippen LogP contribution in [0, 0.1) is 10.1 Å². The van der Waals surface area contributed by atoms with Gasteiger partial charge in [0.15, 0.2) is 0 Å². The molecule has 0 aliphatic heterocycles. The molecule has 25 heavy (non-hydrogen) atoms. The first-order valence-electron chi connectivity index (χ1n) is 7.15. The summed E-state index contributed by atoms with van der Waals surface area (Å²) in [4.78, 5) is 26.7. The average Bonchev–Trinajstić information content (AvgIpc) is 3.09. The summed E-state index contributed by atoms with van der Waals surface area (Å²) < 4.78 is 5.07. The lowest BCUT2D eigenvalue weighted by Crippen LogP contribution is -2.23. The fraction of sp³-hybridized carbons (Fsp3) is 0.0625. The molecule has 3 rings (SSSR count). The highest BCUT2D eigenvalue weighted by Gasteiger charge is 2.21. The van der Waals surface area contributed by atoms with Crippen molar-refractivity contribution < 1.29 is 14.2 Å². The van der Waals surface area contributed by atoms with Gasteiger partial charge in [-0.05, 0) is 12.1 Å². The molecular weight excluding hydrogens is 348 g/mol.